The van der Waals surface area contributed by atoms with Gasteiger partial charge < -0.3 is 9.80 Å². The number of hydrogen-bond acceptors (Lipinski definition) is 2. The van der Waals surface area contributed by atoms with Crippen molar-refractivity contribution in [3.63, 3.8) is 0 Å². The van der Waals surface area contributed by atoms with E-state index in [4.69, 9.17) is 0 Å². The largest absolute Gasteiger partial charge is 0.312 e. The maximum atomic E-state index is 2.70. The fourth-order valence-electron chi connectivity index (χ4n) is 17.1. The van der Waals surface area contributed by atoms with Crippen LogP contribution in [0.1, 0.15) is 0 Å². The molecule has 0 unspecified atom stereocenters. The van der Waals surface area contributed by atoms with Crippen molar-refractivity contribution in [2.24, 2.45) is 0 Å². The van der Waals surface area contributed by atoms with Crippen molar-refractivity contribution in [1.29, 1.82) is 0 Å². The van der Waals surface area contributed by atoms with Crippen LogP contribution in [0.4, 0.5) is 34.1 Å². The lowest BCUT2D eigenvalue weighted by Crippen LogP contribution is -2.60. The predicted octanol–water partition coefficient (Wildman–Crippen LogP) is 19.1. The molecule has 0 atom stereocenters. The zero-order valence-corrected chi connectivity index (χ0v) is 50.2. The second kappa shape index (κ2) is 19.9. The molecule has 0 bridgehead atoms. The first kappa shape index (κ1) is 51.2. The van der Waals surface area contributed by atoms with Crippen LogP contribution in [-0.4, -0.2) is 13.4 Å². The molecule has 422 valence electrons. The fourth-order valence-corrected chi connectivity index (χ4v) is 17.1. The molecular weight excluding hydrogens is 1110 g/mol. The third-order valence-electron chi connectivity index (χ3n) is 20.6. The zero-order chi connectivity index (χ0) is 60.1. The lowest BCUT2D eigenvalue weighted by atomic mass is 9.31. The Labute approximate surface area is 535 Å². The minimum absolute atomic E-state index is 0.0888. The summed E-state index contributed by atoms with van der Waals surface area (Å²) in [7, 11) is 0. The highest BCUT2D eigenvalue weighted by atomic mass is 15.2. The molecule has 16 aromatic rings. The molecule has 20 rings (SSSR count). The van der Waals surface area contributed by atoms with Gasteiger partial charge in [-0.2, -0.15) is 0 Å². The van der Waals surface area contributed by atoms with Crippen LogP contribution >= 0.6 is 0 Å². The summed E-state index contributed by atoms with van der Waals surface area (Å²) in [5.74, 6) is 0. The van der Waals surface area contributed by atoms with Crippen molar-refractivity contribution in [3.05, 3.63) is 328 Å². The SMILES string of the molecule is c1ccc(-c2cccc(-c3ccccc3)c2-c2cc3c4c(cc5c(-c6c(-c7ccccc7)cccc6-c6ccccc6)cc6c7c(cc2c4c57)B2c4ccccc4N(c4ccccc4)c4cccc-6c42)B2c4ccccc4N(c4ccccc4)c4cccc-3c42)cc1. The van der Waals surface area contributed by atoms with Crippen LogP contribution in [0.2, 0.25) is 0 Å². The molecule has 0 radical (unpaired) electrons. The summed E-state index contributed by atoms with van der Waals surface area (Å²) in [5, 5.41) is 7.84. The highest BCUT2D eigenvalue weighted by Crippen LogP contribution is 2.55. The number of rotatable bonds is 8. The lowest BCUT2D eigenvalue weighted by molar-refractivity contribution is 1.29. The van der Waals surface area contributed by atoms with Crippen molar-refractivity contribution < 1.29 is 0 Å². The Hall–Kier alpha value is -11.7. The molecule has 0 aliphatic carbocycles. The fraction of sp³-hybridized carbons (Fsp3) is 0. The van der Waals surface area contributed by atoms with Crippen molar-refractivity contribution in [2.45, 2.75) is 0 Å². The molecular formula is C88H54B2N2. The smallest absolute Gasteiger partial charge is 0.248 e. The summed E-state index contributed by atoms with van der Waals surface area (Å²) in [6.45, 7) is -0.178. The predicted molar refractivity (Wildman–Crippen MR) is 392 cm³/mol. The van der Waals surface area contributed by atoms with Crippen LogP contribution in [0.15, 0.2) is 328 Å². The van der Waals surface area contributed by atoms with E-state index in [1.807, 2.05) is 0 Å². The number of hydrogen-bond donors (Lipinski definition) is 0. The maximum absolute atomic E-state index is 2.70. The first-order chi connectivity index (χ1) is 45.7. The normalized spacial score (nSPS) is 12.9. The molecule has 4 aliphatic heterocycles. The Morgan fingerprint density at radius 2 is 0.489 bits per heavy atom. The van der Waals surface area contributed by atoms with Crippen LogP contribution in [0.25, 0.3) is 121 Å². The lowest BCUT2D eigenvalue weighted by Gasteiger charge is -2.42. The van der Waals surface area contributed by atoms with Gasteiger partial charge in [-0.1, -0.05) is 278 Å². The van der Waals surface area contributed by atoms with E-state index < -0.39 is 0 Å². The molecule has 4 heterocycles. The van der Waals surface area contributed by atoms with Crippen LogP contribution in [0.3, 0.4) is 0 Å². The van der Waals surface area contributed by atoms with Crippen LogP contribution < -0.4 is 42.6 Å². The second-order valence-electron chi connectivity index (χ2n) is 25.2. The van der Waals surface area contributed by atoms with Gasteiger partial charge in [-0.3, -0.25) is 0 Å². The van der Waals surface area contributed by atoms with E-state index in [-0.39, 0.29) is 13.4 Å². The summed E-state index contributed by atoms with van der Waals surface area (Å²) in [6.07, 6.45) is 0. The molecule has 0 aromatic heterocycles. The molecule has 4 aliphatic rings. The van der Waals surface area contributed by atoms with Crippen molar-refractivity contribution in [2.75, 3.05) is 9.80 Å². The number of para-hydroxylation sites is 4. The van der Waals surface area contributed by atoms with Crippen molar-refractivity contribution in [1.82, 2.24) is 0 Å². The van der Waals surface area contributed by atoms with Crippen LogP contribution in [0.5, 0.6) is 0 Å². The van der Waals surface area contributed by atoms with Gasteiger partial charge in [0.05, 0.1) is 0 Å². The minimum Gasteiger partial charge on any atom is -0.312 e. The Morgan fingerprint density at radius 3 is 0.848 bits per heavy atom. The number of nitrogens with zero attached hydrogens (tertiary/aromatic N) is 2. The zero-order valence-electron chi connectivity index (χ0n) is 50.2. The van der Waals surface area contributed by atoms with Crippen molar-refractivity contribution >= 4 is 113 Å². The molecule has 92 heavy (non-hydrogen) atoms. The molecule has 0 fully saturated rings. The highest BCUT2D eigenvalue weighted by Gasteiger charge is 2.46. The third kappa shape index (κ3) is 7.23. The van der Waals surface area contributed by atoms with E-state index in [1.54, 1.807) is 0 Å². The summed E-state index contributed by atoms with van der Waals surface area (Å²) >= 11 is 0. The van der Waals surface area contributed by atoms with Crippen LogP contribution in [0, 0.1) is 0 Å². The van der Waals surface area contributed by atoms with Gasteiger partial charge in [0.2, 0.25) is 13.4 Å². The third-order valence-corrected chi connectivity index (χ3v) is 20.6. The summed E-state index contributed by atoms with van der Waals surface area (Å²) in [4.78, 5) is 5.05. The topological polar surface area (TPSA) is 6.48 Å². The van der Waals surface area contributed by atoms with Gasteiger partial charge in [0.15, 0.2) is 0 Å². The molecule has 0 amide bonds. The summed E-state index contributed by atoms with van der Waals surface area (Å²) < 4.78 is 0. The Balaban J connectivity index is 1.04. The van der Waals surface area contributed by atoms with Gasteiger partial charge in [0.1, 0.15) is 0 Å². The first-order valence-electron chi connectivity index (χ1n) is 32.2. The number of benzene rings is 16. The average Bonchev–Trinajstić information content (AvgIpc) is 0.667. The number of fused-ring (bicyclic) bond motifs is 8. The van der Waals surface area contributed by atoms with Gasteiger partial charge in [-0.05, 0) is 204 Å². The number of anilines is 6. The molecule has 0 saturated carbocycles. The van der Waals surface area contributed by atoms with Crippen LogP contribution in [-0.2, 0) is 0 Å². The summed E-state index contributed by atoms with van der Waals surface area (Å²) in [5.41, 5.74) is 34.7. The van der Waals surface area contributed by atoms with E-state index in [0.717, 1.165) is 11.4 Å². The van der Waals surface area contributed by atoms with Gasteiger partial charge in [0, 0.05) is 34.1 Å². The maximum Gasteiger partial charge on any atom is 0.248 e. The average molecular weight is 1160 g/mol. The van der Waals surface area contributed by atoms with Gasteiger partial charge in [-0.25, -0.2) is 0 Å². The van der Waals surface area contributed by atoms with Gasteiger partial charge in [0.25, 0.3) is 0 Å². The minimum atomic E-state index is -0.0888. The Kier molecular flexibility index (Phi) is 11.1. The van der Waals surface area contributed by atoms with E-state index in [9.17, 15) is 0 Å². The monoisotopic (exact) mass is 1160 g/mol. The van der Waals surface area contributed by atoms with Crippen molar-refractivity contribution in [3.8, 4) is 89.0 Å². The Morgan fingerprint density at radius 1 is 0.196 bits per heavy atom. The second-order valence-corrected chi connectivity index (χ2v) is 25.2. The Bertz CT molecular complexity index is 5230. The van der Waals surface area contributed by atoms with E-state index >= 15 is 0 Å². The molecule has 0 saturated heterocycles. The molecule has 0 N–H and O–H groups in total. The quantitative estimate of drug-likeness (QED) is 0.111. The molecule has 0 spiro atoms. The van der Waals surface area contributed by atoms with E-state index in [2.05, 4.69) is 337 Å². The summed E-state index contributed by atoms with van der Waals surface area (Å²) in [6, 6.07) is 124. The highest BCUT2D eigenvalue weighted by molar-refractivity contribution is 7.02. The van der Waals surface area contributed by atoms with Gasteiger partial charge >= 0.3 is 0 Å². The molecule has 2 nitrogen and oxygen atoms in total. The van der Waals surface area contributed by atoms with E-state index in [1.165, 1.54) is 177 Å². The van der Waals surface area contributed by atoms with Gasteiger partial charge in [-0.15, -0.1) is 0 Å². The first-order valence-corrected chi connectivity index (χ1v) is 32.2. The standard InChI is InChI=1S/C88H54B2N2/c1-7-27-55(28-8-1)61-39-23-40-62(56-29-9-2-10-30-56)81(61)69-51-67-65-43-25-49-79-87(65)90(74-46-20-22-48-78(74)91(79)59-35-15-5-16-36-59)76-54-72-70(82-63(57-31-11-3-12-32-57)41-24-42-64(82)58-33-13-4-14-34-58)52-68-66-44-26-50-80-88(66)89(75-53-71(69)85(83(67)76)86(72)84(68)75)73-45-19-21-47-77(73)92(80)60-37-17-6-18-38-60/h1-54H. The molecule has 16 aromatic carbocycles. The molecule has 4 heteroatoms. The van der Waals surface area contributed by atoms with E-state index in [0.29, 0.717) is 0 Å².